The van der Waals surface area contributed by atoms with Crippen LogP contribution in [0.3, 0.4) is 0 Å². The van der Waals surface area contributed by atoms with Crippen LogP contribution in [-0.4, -0.2) is 10.9 Å². The highest BCUT2D eigenvalue weighted by Gasteiger charge is 2.14. The van der Waals surface area contributed by atoms with E-state index in [9.17, 15) is 4.79 Å². The van der Waals surface area contributed by atoms with Gasteiger partial charge in [0.15, 0.2) is 5.13 Å². The van der Waals surface area contributed by atoms with E-state index < -0.39 is 0 Å². The van der Waals surface area contributed by atoms with Crippen molar-refractivity contribution in [2.75, 3.05) is 5.32 Å². The van der Waals surface area contributed by atoms with Crippen molar-refractivity contribution in [3.05, 3.63) is 81.3 Å². The van der Waals surface area contributed by atoms with E-state index >= 15 is 0 Å². The first-order valence-electron chi connectivity index (χ1n) is 8.55. The second kappa shape index (κ2) is 7.58. The molecule has 7 heteroatoms. The fourth-order valence-electron chi connectivity index (χ4n) is 2.93. The van der Waals surface area contributed by atoms with Crippen molar-refractivity contribution in [1.82, 2.24) is 4.98 Å². The Morgan fingerprint density at radius 1 is 1.14 bits per heavy atom. The van der Waals surface area contributed by atoms with Crippen molar-refractivity contribution in [3.8, 4) is 0 Å². The van der Waals surface area contributed by atoms with E-state index in [0.717, 1.165) is 22.2 Å². The third kappa shape index (κ3) is 3.98. The molecule has 4 rings (SSSR count). The number of rotatable bonds is 3. The molecule has 140 valence electrons. The van der Waals surface area contributed by atoms with Crippen LogP contribution in [0.25, 0.3) is 11.0 Å². The lowest BCUT2D eigenvalue weighted by molar-refractivity contribution is 0.102. The number of amides is 1. The summed E-state index contributed by atoms with van der Waals surface area (Å²) in [6.07, 6.45) is 1.63. The summed E-state index contributed by atoms with van der Waals surface area (Å²) in [7, 11) is 0. The normalized spacial score (nSPS) is 11.8. The van der Waals surface area contributed by atoms with Gasteiger partial charge in [-0.2, -0.15) is 0 Å². The molecule has 0 aliphatic heterocycles. The molecule has 0 fully saturated rings. The molecule has 4 aromatic rings. The minimum Gasteiger partial charge on any atom is -0.438 e. The summed E-state index contributed by atoms with van der Waals surface area (Å²) in [5, 5.41) is 6.36. The monoisotopic (exact) mass is 409 g/mol. The van der Waals surface area contributed by atoms with Gasteiger partial charge in [-0.3, -0.25) is 10.1 Å². The van der Waals surface area contributed by atoms with Gasteiger partial charge in [0.1, 0.15) is 11.1 Å². The van der Waals surface area contributed by atoms with Crippen LogP contribution in [0.4, 0.5) is 10.8 Å². The van der Waals surface area contributed by atoms with Gasteiger partial charge in [0, 0.05) is 22.0 Å². The number of hydrogen-bond donors (Lipinski definition) is 1. The highest BCUT2D eigenvalue weighted by molar-refractivity contribution is 7.13. The number of aromatic nitrogens is 1. The SMILES string of the molecule is Cc1cc(C)cc(N=c2oc3ccc(Cl)cc3cc2C(=O)Nc2nccs2)c1. The van der Waals surface area contributed by atoms with Gasteiger partial charge in [-0.15, -0.1) is 11.3 Å². The lowest BCUT2D eigenvalue weighted by Gasteiger charge is -2.06. The Morgan fingerprint density at radius 3 is 2.64 bits per heavy atom. The lowest BCUT2D eigenvalue weighted by Crippen LogP contribution is -2.21. The summed E-state index contributed by atoms with van der Waals surface area (Å²) in [5.74, 6) is -0.344. The molecule has 0 aliphatic rings. The van der Waals surface area contributed by atoms with E-state index in [-0.39, 0.29) is 11.5 Å². The maximum Gasteiger partial charge on any atom is 0.262 e. The van der Waals surface area contributed by atoms with Crippen molar-refractivity contribution < 1.29 is 9.21 Å². The molecule has 5 nitrogen and oxygen atoms in total. The first-order valence-corrected chi connectivity index (χ1v) is 9.81. The number of benzene rings is 2. The van der Waals surface area contributed by atoms with Gasteiger partial charge in [-0.05, 0) is 61.4 Å². The van der Waals surface area contributed by atoms with Crippen molar-refractivity contribution in [2.45, 2.75) is 13.8 Å². The Kier molecular flexibility index (Phi) is 4.98. The molecule has 0 spiro atoms. The topological polar surface area (TPSA) is 67.5 Å². The number of anilines is 1. The first kappa shape index (κ1) is 18.4. The van der Waals surface area contributed by atoms with Gasteiger partial charge in [0.05, 0.1) is 5.69 Å². The molecule has 0 atom stereocenters. The summed E-state index contributed by atoms with van der Waals surface area (Å²) in [6, 6.07) is 12.9. The highest BCUT2D eigenvalue weighted by Crippen LogP contribution is 2.21. The number of carbonyl (C=O) groups is 1. The second-order valence-corrected chi connectivity index (χ2v) is 7.73. The van der Waals surface area contributed by atoms with Crippen molar-refractivity contribution >= 4 is 50.6 Å². The largest absolute Gasteiger partial charge is 0.438 e. The maximum atomic E-state index is 12.9. The zero-order valence-electron chi connectivity index (χ0n) is 15.2. The van der Waals surface area contributed by atoms with Gasteiger partial charge in [0.2, 0.25) is 5.55 Å². The van der Waals surface area contributed by atoms with Crippen LogP contribution in [0, 0.1) is 13.8 Å². The third-order valence-electron chi connectivity index (χ3n) is 4.04. The smallest absolute Gasteiger partial charge is 0.262 e. The van der Waals surface area contributed by atoms with Crippen LogP contribution in [0.2, 0.25) is 5.02 Å². The Morgan fingerprint density at radius 2 is 1.93 bits per heavy atom. The Hall–Kier alpha value is -2.96. The Labute approximate surface area is 170 Å². The van der Waals surface area contributed by atoms with Crippen LogP contribution in [0.15, 0.2) is 63.5 Å². The van der Waals surface area contributed by atoms with Crippen LogP contribution in [0.1, 0.15) is 21.5 Å². The number of halogens is 1. The number of aryl methyl sites for hydroxylation is 2. The summed E-state index contributed by atoms with van der Waals surface area (Å²) in [5.41, 5.74) is 4.02. The molecule has 1 N–H and O–H groups in total. The zero-order valence-corrected chi connectivity index (χ0v) is 16.8. The summed E-state index contributed by atoms with van der Waals surface area (Å²) in [6.45, 7) is 4.00. The molecular formula is C21H16ClN3O2S. The standard InChI is InChI=1S/C21H16ClN3O2S/c1-12-7-13(2)9-16(8-12)24-20-17(19(26)25-21-23-5-6-28-21)11-14-10-15(22)3-4-18(14)27-20/h3-11H,1-2H3,(H,23,25,26). The predicted octanol–water partition coefficient (Wildman–Crippen LogP) is 5.64. The van der Waals surface area contributed by atoms with Gasteiger partial charge in [-0.1, -0.05) is 17.7 Å². The van der Waals surface area contributed by atoms with Crippen LogP contribution >= 0.6 is 22.9 Å². The van der Waals surface area contributed by atoms with Crippen LogP contribution in [-0.2, 0) is 0 Å². The number of fused-ring (bicyclic) bond motifs is 1. The molecular weight excluding hydrogens is 394 g/mol. The van der Waals surface area contributed by atoms with E-state index in [4.69, 9.17) is 16.0 Å². The van der Waals surface area contributed by atoms with Gasteiger partial charge < -0.3 is 4.42 Å². The van der Waals surface area contributed by atoms with E-state index in [1.165, 1.54) is 11.3 Å². The number of thiazole rings is 1. The predicted molar refractivity (Wildman–Crippen MR) is 112 cm³/mol. The molecule has 1 amide bonds. The molecule has 0 bridgehead atoms. The fourth-order valence-corrected chi connectivity index (χ4v) is 3.63. The highest BCUT2D eigenvalue weighted by atomic mass is 35.5. The summed E-state index contributed by atoms with van der Waals surface area (Å²) >= 11 is 7.44. The lowest BCUT2D eigenvalue weighted by atomic mass is 10.1. The van der Waals surface area contributed by atoms with Crippen molar-refractivity contribution in [3.63, 3.8) is 0 Å². The third-order valence-corrected chi connectivity index (χ3v) is 4.97. The van der Waals surface area contributed by atoms with E-state index in [2.05, 4.69) is 21.4 Å². The molecule has 2 aromatic carbocycles. The molecule has 0 radical (unpaired) electrons. The van der Waals surface area contributed by atoms with Gasteiger partial charge >= 0.3 is 0 Å². The summed E-state index contributed by atoms with van der Waals surface area (Å²) < 4.78 is 5.97. The minimum absolute atomic E-state index is 0.230. The fraction of sp³-hybridized carbons (Fsp3) is 0.0952. The zero-order chi connectivity index (χ0) is 19.7. The van der Waals surface area contributed by atoms with Gasteiger partial charge in [0.25, 0.3) is 5.91 Å². The number of carbonyl (C=O) groups excluding carboxylic acids is 1. The van der Waals surface area contributed by atoms with E-state index in [0.29, 0.717) is 21.3 Å². The Bertz CT molecular complexity index is 1230. The molecule has 2 aromatic heterocycles. The van der Waals surface area contributed by atoms with Gasteiger partial charge in [-0.25, -0.2) is 9.98 Å². The second-order valence-electron chi connectivity index (χ2n) is 6.40. The Balaban J connectivity index is 1.90. The minimum atomic E-state index is -0.344. The van der Waals surface area contributed by atoms with Crippen LogP contribution < -0.4 is 10.9 Å². The van der Waals surface area contributed by atoms with E-state index in [1.54, 1.807) is 35.8 Å². The summed E-state index contributed by atoms with van der Waals surface area (Å²) in [4.78, 5) is 21.6. The molecule has 2 heterocycles. The van der Waals surface area contributed by atoms with E-state index in [1.807, 2.05) is 26.0 Å². The molecule has 0 saturated heterocycles. The molecule has 0 saturated carbocycles. The average molecular weight is 410 g/mol. The number of hydrogen-bond acceptors (Lipinski definition) is 5. The van der Waals surface area contributed by atoms with Crippen LogP contribution in [0.5, 0.6) is 0 Å². The molecule has 28 heavy (non-hydrogen) atoms. The number of nitrogens with one attached hydrogen (secondary N) is 1. The first-order chi connectivity index (χ1) is 13.5. The quantitative estimate of drug-likeness (QED) is 0.475. The average Bonchev–Trinajstić information content (AvgIpc) is 3.13. The van der Waals surface area contributed by atoms with Crippen molar-refractivity contribution in [1.29, 1.82) is 0 Å². The van der Waals surface area contributed by atoms with Crippen molar-refractivity contribution in [2.24, 2.45) is 4.99 Å². The molecule has 0 aliphatic carbocycles. The molecule has 0 unspecified atom stereocenters. The number of nitrogens with zero attached hydrogens (tertiary/aromatic N) is 2. The maximum absolute atomic E-state index is 12.9.